The van der Waals surface area contributed by atoms with E-state index in [4.69, 9.17) is 0 Å². The van der Waals surface area contributed by atoms with Crippen LogP contribution in [0.2, 0.25) is 0 Å². The quantitative estimate of drug-likeness (QED) is 0.838. The fourth-order valence-electron chi connectivity index (χ4n) is 2.53. The number of carbonyl (C=O) groups excluding carboxylic acids is 1. The highest BCUT2D eigenvalue weighted by Crippen LogP contribution is 2.32. The second kappa shape index (κ2) is 5.53. The Morgan fingerprint density at radius 2 is 2.06 bits per heavy atom. The van der Waals surface area contributed by atoms with Gasteiger partial charge in [-0.05, 0) is 31.2 Å². The van der Waals surface area contributed by atoms with Crippen LogP contribution >= 0.6 is 0 Å². The van der Waals surface area contributed by atoms with Crippen molar-refractivity contribution in [3.05, 3.63) is 35.9 Å². The first-order valence-electron chi connectivity index (χ1n) is 6.68. The molecule has 0 spiro atoms. The molecule has 0 saturated heterocycles. The molecule has 1 unspecified atom stereocenters. The van der Waals surface area contributed by atoms with E-state index in [1.807, 2.05) is 37.3 Å². The molecule has 98 valence electrons. The largest absolute Gasteiger partial charge is 0.394 e. The topological polar surface area (TPSA) is 49.3 Å². The molecule has 2 N–H and O–H groups in total. The average Bonchev–Trinajstić information content (AvgIpc) is 2.36. The summed E-state index contributed by atoms with van der Waals surface area (Å²) in [6, 6.07) is 9.84. The van der Waals surface area contributed by atoms with Crippen LogP contribution in [0.1, 0.15) is 44.1 Å². The molecule has 1 fully saturated rings. The molecule has 1 saturated carbocycles. The summed E-state index contributed by atoms with van der Waals surface area (Å²) < 4.78 is 0. The number of benzene rings is 1. The molecular formula is C15H21NO2. The van der Waals surface area contributed by atoms with Crippen molar-refractivity contribution in [2.24, 2.45) is 0 Å². The van der Waals surface area contributed by atoms with Gasteiger partial charge in [-0.15, -0.1) is 0 Å². The lowest BCUT2D eigenvalue weighted by atomic mass is 9.77. The predicted octanol–water partition coefficient (Wildman–Crippen LogP) is 2.21. The van der Waals surface area contributed by atoms with E-state index in [9.17, 15) is 9.90 Å². The number of aliphatic hydroxyl groups excluding tert-OH is 1. The van der Waals surface area contributed by atoms with Gasteiger partial charge in [0.15, 0.2) is 0 Å². The van der Waals surface area contributed by atoms with Crippen molar-refractivity contribution in [3.8, 4) is 0 Å². The number of aliphatic hydroxyl groups is 1. The van der Waals surface area contributed by atoms with E-state index in [-0.39, 0.29) is 24.0 Å². The number of hydrogen-bond donors (Lipinski definition) is 2. The van der Waals surface area contributed by atoms with Gasteiger partial charge in [-0.3, -0.25) is 4.79 Å². The number of nitrogens with one attached hydrogen (secondary N) is 1. The summed E-state index contributed by atoms with van der Waals surface area (Å²) in [6.07, 6.45) is 3.64. The first kappa shape index (κ1) is 13.1. The van der Waals surface area contributed by atoms with Crippen LogP contribution in [0.15, 0.2) is 30.3 Å². The predicted molar refractivity (Wildman–Crippen MR) is 71.3 cm³/mol. The third-order valence-corrected chi connectivity index (χ3v) is 3.93. The summed E-state index contributed by atoms with van der Waals surface area (Å²) >= 11 is 0. The summed E-state index contributed by atoms with van der Waals surface area (Å²) in [6.45, 7) is 2.06. The third kappa shape index (κ3) is 2.56. The smallest absolute Gasteiger partial charge is 0.228 e. The molecule has 0 radical (unpaired) electrons. The molecule has 18 heavy (non-hydrogen) atoms. The normalized spacial score (nSPS) is 18.8. The summed E-state index contributed by atoms with van der Waals surface area (Å²) in [4.78, 5) is 12.3. The van der Waals surface area contributed by atoms with E-state index in [0.717, 1.165) is 31.2 Å². The van der Waals surface area contributed by atoms with Crippen LogP contribution in [0.5, 0.6) is 0 Å². The maximum absolute atomic E-state index is 12.3. The zero-order chi connectivity index (χ0) is 13.0. The summed E-state index contributed by atoms with van der Waals surface area (Å²) in [7, 11) is 0. The van der Waals surface area contributed by atoms with Crippen LogP contribution < -0.4 is 5.32 Å². The molecule has 3 nitrogen and oxygen atoms in total. The molecule has 0 heterocycles. The lowest BCUT2D eigenvalue weighted by Crippen LogP contribution is -2.57. The highest BCUT2D eigenvalue weighted by atomic mass is 16.3. The highest BCUT2D eigenvalue weighted by Gasteiger charge is 2.38. The first-order valence-corrected chi connectivity index (χ1v) is 6.68. The van der Waals surface area contributed by atoms with Crippen LogP contribution in [0.3, 0.4) is 0 Å². The molecule has 1 aromatic rings. The molecule has 0 aliphatic heterocycles. The number of rotatable bonds is 5. The van der Waals surface area contributed by atoms with E-state index in [1.54, 1.807) is 0 Å². The Morgan fingerprint density at radius 3 is 2.50 bits per heavy atom. The van der Waals surface area contributed by atoms with E-state index < -0.39 is 0 Å². The Labute approximate surface area is 108 Å². The van der Waals surface area contributed by atoms with Crippen LogP contribution in [-0.4, -0.2) is 23.2 Å². The minimum Gasteiger partial charge on any atom is -0.394 e. The highest BCUT2D eigenvalue weighted by molar-refractivity contribution is 5.84. The fraction of sp³-hybridized carbons (Fsp3) is 0.533. The zero-order valence-electron chi connectivity index (χ0n) is 10.9. The van der Waals surface area contributed by atoms with Gasteiger partial charge in [-0.1, -0.05) is 37.3 Å². The Kier molecular flexibility index (Phi) is 4.02. The van der Waals surface area contributed by atoms with Gasteiger partial charge in [0.2, 0.25) is 5.91 Å². The summed E-state index contributed by atoms with van der Waals surface area (Å²) in [5.41, 5.74) is 0.698. The van der Waals surface area contributed by atoms with Crippen LogP contribution in [-0.2, 0) is 4.79 Å². The summed E-state index contributed by atoms with van der Waals surface area (Å²) in [5.74, 6) is -0.0762. The molecular weight excluding hydrogens is 226 g/mol. The number of hydrogen-bond acceptors (Lipinski definition) is 2. The molecule has 0 aromatic heterocycles. The SMILES string of the molecule is CCC(C(=O)NC1(CO)CCC1)c1ccccc1. The Hall–Kier alpha value is -1.35. The van der Waals surface area contributed by atoms with Gasteiger partial charge < -0.3 is 10.4 Å². The van der Waals surface area contributed by atoms with Crippen molar-refractivity contribution in [2.75, 3.05) is 6.61 Å². The van der Waals surface area contributed by atoms with Gasteiger partial charge in [0.1, 0.15) is 0 Å². The molecule has 1 atom stereocenters. The standard InChI is InChI=1S/C15H21NO2/c1-2-13(12-7-4-3-5-8-12)14(18)16-15(11-17)9-6-10-15/h3-5,7-8,13,17H,2,6,9-11H2,1H3,(H,16,18). The minimum atomic E-state index is -0.348. The first-order chi connectivity index (χ1) is 8.71. The molecule has 2 rings (SSSR count). The average molecular weight is 247 g/mol. The van der Waals surface area contributed by atoms with E-state index >= 15 is 0 Å². The van der Waals surface area contributed by atoms with Gasteiger partial charge in [-0.25, -0.2) is 0 Å². The number of carbonyl (C=O) groups is 1. The van der Waals surface area contributed by atoms with Crippen LogP contribution in [0, 0.1) is 0 Å². The number of amides is 1. The zero-order valence-corrected chi connectivity index (χ0v) is 10.9. The van der Waals surface area contributed by atoms with Crippen molar-refractivity contribution >= 4 is 5.91 Å². The lowest BCUT2D eigenvalue weighted by molar-refractivity contribution is -0.126. The second-order valence-corrected chi connectivity index (χ2v) is 5.15. The maximum Gasteiger partial charge on any atom is 0.228 e. The second-order valence-electron chi connectivity index (χ2n) is 5.15. The molecule has 1 amide bonds. The van der Waals surface area contributed by atoms with Gasteiger partial charge in [-0.2, -0.15) is 0 Å². The van der Waals surface area contributed by atoms with Crippen LogP contribution in [0.4, 0.5) is 0 Å². The van der Waals surface area contributed by atoms with E-state index in [1.165, 1.54) is 0 Å². The Bertz CT molecular complexity index is 393. The van der Waals surface area contributed by atoms with Crippen molar-refractivity contribution < 1.29 is 9.90 Å². The molecule has 1 aromatic carbocycles. The van der Waals surface area contributed by atoms with E-state index in [2.05, 4.69) is 5.32 Å². The summed E-state index contributed by atoms with van der Waals surface area (Å²) in [5, 5.41) is 12.4. The minimum absolute atomic E-state index is 0.0393. The van der Waals surface area contributed by atoms with Crippen molar-refractivity contribution in [3.63, 3.8) is 0 Å². The lowest BCUT2D eigenvalue weighted by Gasteiger charge is -2.41. The molecule has 1 aliphatic rings. The molecule has 0 bridgehead atoms. The third-order valence-electron chi connectivity index (χ3n) is 3.93. The van der Waals surface area contributed by atoms with Crippen molar-refractivity contribution in [2.45, 2.75) is 44.1 Å². The van der Waals surface area contributed by atoms with Gasteiger partial charge >= 0.3 is 0 Å². The van der Waals surface area contributed by atoms with Crippen molar-refractivity contribution in [1.82, 2.24) is 5.32 Å². The fourth-order valence-corrected chi connectivity index (χ4v) is 2.53. The van der Waals surface area contributed by atoms with Gasteiger partial charge in [0.25, 0.3) is 0 Å². The van der Waals surface area contributed by atoms with Gasteiger partial charge in [0.05, 0.1) is 18.1 Å². The molecule has 1 aliphatic carbocycles. The van der Waals surface area contributed by atoms with Crippen LogP contribution in [0.25, 0.3) is 0 Å². The Morgan fingerprint density at radius 1 is 1.39 bits per heavy atom. The Balaban J connectivity index is 2.07. The maximum atomic E-state index is 12.3. The van der Waals surface area contributed by atoms with Gasteiger partial charge in [0, 0.05) is 0 Å². The molecule has 3 heteroatoms. The van der Waals surface area contributed by atoms with Crippen molar-refractivity contribution in [1.29, 1.82) is 0 Å². The monoisotopic (exact) mass is 247 g/mol. The van der Waals surface area contributed by atoms with E-state index in [0.29, 0.717) is 0 Å².